The van der Waals surface area contributed by atoms with E-state index in [0.717, 1.165) is 22.6 Å². The smallest absolute Gasteiger partial charge is 0.251 e. The average Bonchev–Trinajstić information content (AvgIpc) is 2.32. The molecule has 18 heavy (non-hydrogen) atoms. The zero-order valence-corrected chi connectivity index (χ0v) is 14.1. The fraction of sp³-hybridized carbons (Fsp3) is 0.462. The molecule has 0 aliphatic rings. The molecule has 0 saturated heterocycles. The highest BCUT2D eigenvalue weighted by atomic mass is 79.9. The molecule has 0 heterocycles. The van der Waals surface area contributed by atoms with Crippen LogP contribution in [0.2, 0.25) is 5.02 Å². The summed E-state index contributed by atoms with van der Waals surface area (Å²) in [5.41, 5.74) is 0.586. The van der Waals surface area contributed by atoms with Crippen LogP contribution in [-0.4, -0.2) is 17.8 Å². The summed E-state index contributed by atoms with van der Waals surface area (Å²) in [5.74, 6) is 0.433. The van der Waals surface area contributed by atoms with Gasteiger partial charge in [0.05, 0.1) is 0 Å². The first kappa shape index (κ1) is 16.0. The van der Waals surface area contributed by atoms with Crippen LogP contribution in [0.4, 0.5) is 0 Å². The third-order valence-electron chi connectivity index (χ3n) is 2.77. The van der Waals surface area contributed by atoms with E-state index in [2.05, 4.69) is 44.1 Å². The maximum atomic E-state index is 12.0. The lowest BCUT2D eigenvalue weighted by Crippen LogP contribution is -2.29. The van der Waals surface area contributed by atoms with E-state index in [0.29, 0.717) is 23.0 Å². The molecule has 1 rings (SSSR count). The number of nitrogens with one attached hydrogen (secondary N) is 1. The largest absolute Gasteiger partial charge is 0.352 e. The molecular formula is C13H16Br2ClNO. The highest BCUT2D eigenvalue weighted by molar-refractivity contribution is 9.10. The van der Waals surface area contributed by atoms with E-state index in [1.807, 2.05) is 0 Å². The fourth-order valence-electron chi connectivity index (χ4n) is 1.63. The number of rotatable bonds is 6. The number of hydrogen-bond acceptors (Lipinski definition) is 1. The fourth-order valence-corrected chi connectivity index (χ4v) is 3.14. The average molecular weight is 398 g/mol. The lowest BCUT2D eigenvalue weighted by atomic mass is 10.0. The maximum Gasteiger partial charge on any atom is 0.251 e. The summed E-state index contributed by atoms with van der Waals surface area (Å²) in [4.78, 5) is 12.0. The van der Waals surface area contributed by atoms with E-state index < -0.39 is 0 Å². The number of amides is 1. The van der Waals surface area contributed by atoms with Crippen LogP contribution >= 0.6 is 43.5 Å². The van der Waals surface area contributed by atoms with E-state index in [9.17, 15) is 4.79 Å². The van der Waals surface area contributed by atoms with Crippen molar-refractivity contribution in [2.45, 2.75) is 19.8 Å². The zero-order valence-electron chi connectivity index (χ0n) is 10.2. The van der Waals surface area contributed by atoms with Crippen molar-refractivity contribution in [2.24, 2.45) is 5.92 Å². The van der Waals surface area contributed by atoms with Crippen molar-refractivity contribution < 1.29 is 4.79 Å². The van der Waals surface area contributed by atoms with Gasteiger partial charge in [-0.15, -0.1) is 0 Å². The van der Waals surface area contributed by atoms with Gasteiger partial charge >= 0.3 is 0 Å². The van der Waals surface area contributed by atoms with E-state index >= 15 is 0 Å². The van der Waals surface area contributed by atoms with Crippen LogP contribution < -0.4 is 5.32 Å². The van der Waals surface area contributed by atoms with Gasteiger partial charge in [0.25, 0.3) is 5.91 Å². The number of carbonyl (C=O) groups excluding carboxylic acids is 1. The summed E-state index contributed by atoms with van der Waals surface area (Å²) in [5, 5.41) is 4.47. The van der Waals surface area contributed by atoms with Crippen LogP contribution in [0.5, 0.6) is 0 Å². The third-order valence-corrected chi connectivity index (χ3v) is 3.90. The minimum atomic E-state index is -0.0776. The first-order valence-corrected chi connectivity index (χ1v) is 8.16. The molecule has 0 bridgehead atoms. The molecule has 0 aliphatic carbocycles. The molecule has 1 atom stereocenters. The van der Waals surface area contributed by atoms with Gasteiger partial charge in [0.1, 0.15) is 0 Å². The van der Waals surface area contributed by atoms with Gasteiger partial charge in [-0.3, -0.25) is 4.79 Å². The normalized spacial score (nSPS) is 12.2. The summed E-state index contributed by atoms with van der Waals surface area (Å²) < 4.78 is 0.813. The Kier molecular flexibility index (Phi) is 7.27. The van der Waals surface area contributed by atoms with E-state index in [1.54, 1.807) is 18.2 Å². The molecule has 0 aliphatic heterocycles. The van der Waals surface area contributed by atoms with Gasteiger partial charge in [0.2, 0.25) is 0 Å². The first-order chi connectivity index (χ1) is 8.56. The second kappa shape index (κ2) is 8.18. The quantitative estimate of drug-likeness (QED) is 0.696. The molecule has 0 spiro atoms. The van der Waals surface area contributed by atoms with Gasteiger partial charge in [0, 0.05) is 26.9 Å². The lowest BCUT2D eigenvalue weighted by Gasteiger charge is -2.14. The van der Waals surface area contributed by atoms with Crippen molar-refractivity contribution in [3.8, 4) is 0 Å². The zero-order chi connectivity index (χ0) is 13.5. The highest BCUT2D eigenvalue weighted by Gasteiger charge is 2.10. The Morgan fingerprint density at radius 1 is 1.44 bits per heavy atom. The number of halogens is 3. The molecule has 0 aromatic heterocycles. The third kappa shape index (κ3) is 5.29. The predicted octanol–water partition coefficient (Wildman–Crippen LogP) is 4.64. The first-order valence-electron chi connectivity index (χ1n) is 5.87. The molecule has 1 N–H and O–H groups in total. The predicted molar refractivity (Wildman–Crippen MR) is 83.7 cm³/mol. The Morgan fingerprint density at radius 2 is 2.17 bits per heavy atom. The molecule has 0 radical (unpaired) electrons. The SMILES string of the molecule is CCC(CCBr)CNC(=O)c1cc(Cl)cc(Br)c1. The van der Waals surface area contributed by atoms with Crippen LogP contribution in [0, 0.1) is 5.92 Å². The number of carbonyl (C=O) groups is 1. The van der Waals surface area contributed by atoms with Gasteiger partial charge in [-0.25, -0.2) is 0 Å². The van der Waals surface area contributed by atoms with Crippen LogP contribution in [0.25, 0.3) is 0 Å². The minimum absolute atomic E-state index is 0.0776. The second-order valence-electron chi connectivity index (χ2n) is 4.12. The number of benzene rings is 1. The molecule has 1 aromatic carbocycles. The number of hydrogen-bond donors (Lipinski definition) is 1. The highest BCUT2D eigenvalue weighted by Crippen LogP contribution is 2.19. The van der Waals surface area contributed by atoms with Gasteiger partial charge in [-0.05, 0) is 30.5 Å². The van der Waals surface area contributed by atoms with Crippen molar-refractivity contribution in [2.75, 3.05) is 11.9 Å². The van der Waals surface area contributed by atoms with E-state index in [4.69, 9.17) is 11.6 Å². The molecule has 1 aromatic rings. The monoisotopic (exact) mass is 395 g/mol. The minimum Gasteiger partial charge on any atom is -0.352 e. The lowest BCUT2D eigenvalue weighted by molar-refractivity contribution is 0.0946. The van der Waals surface area contributed by atoms with Crippen molar-refractivity contribution >= 4 is 49.4 Å². The van der Waals surface area contributed by atoms with Crippen molar-refractivity contribution in [1.82, 2.24) is 5.32 Å². The van der Waals surface area contributed by atoms with Gasteiger partial charge in [0.15, 0.2) is 0 Å². The van der Waals surface area contributed by atoms with Gasteiger partial charge in [-0.2, -0.15) is 0 Å². The van der Waals surface area contributed by atoms with Crippen LogP contribution in [-0.2, 0) is 0 Å². The summed E-state index contributed by atoms with van der Waals surface area (Å²) >= 11 is 12.7. The molecule has 2 nitrogen and oxygen atoms in total. The van der Waals surface area contributed by atoms with Crippen LogP contribution in [0.1, 0.15) is 30.1 Å². The van der Waals surface area contributed by atoms with Crippen molar-refractivity contribution in [3.05, 3.63) is 33.3 Å². The maximum absolute atomic E-state index is 12.0. The molecule has 1 unspecified atom stereocenters. The second-order valence-corrected chi connectivity index (χ2v) is 6.27. The van der Waals surface area contributed by atoms with E-state index in [1.165, 1.54) is 0 Å². The Morgan fingerprint density at radius 3 is 2.72 bits per heavy atom. The molecule has 0 saturated carbocycles. The Bertz CT molecular complexity index is 392. The molecule has 1 amide bonds. The summed E-state index contributed by atoms with van der Waals surface area (Å²) in [6.07, 6.45) is 2.13. The molecular weight excluding hydrogens is 381 g/mol. The topological polar surface area (TPSA) is 29.1 Å². The number of alkyl halides is 1. The standard InChI is InChI=1S/C13H16Br2ClNO/c1-2-9(3-4-14)8-17-13(18)10-5-11(15)7-12(16)6-10/h5-7,9H,2-4,8H2,1H3,(H,17,18). The molecule has 0 fully saturated rings. The van der Waals surface area contributed by atoms with Crippen molar-refractivity contribution in [1.29, 1.82) is 0 Å². The summed E-state index contributed by atoms with van der Waals surface area (Å²) in [6, 6.07) is 5.21. The Labute approximate surface area is 130 Å². The van der Waals surface area contributed by atoms with Crippen molar-refractivity contribution in [3.63, 3.8) is 0 Å². The summed E-state index contributed by atoms with van der Waals surface area (Å²) in [7, 11) is 0. The summed E-state index contributed by atoms with van der Waals surface area (Å²) in [6.45, 7) is 2.83. The Balaban J connectivity index is 2.59. The van der Waals surface area contributed by atoms with Gasteiger partial charge < -0.3 is 5.32 Å². The van der Waals surface area contributed by atoms with Gasteiger partial charge in [-0.1, -0.05) is 56.8 Å². The Hall–Kier alpha value is -0.0600. The van der Waals surface area contributed by atoms with Crippen LogP contribution in [0.15, 0.2) is 22.7 Å². The van der Waals surface area contributed by atoms with E-state index in [-0.39, 0.29) is 5.91 Å². The molecule has 100 valence electrons. The van der Waals surface area contributed by atoms with Crippen LogP contribution in [0.3, 0.4) is 0 Å². The molecule has 5 heteroatoms.